The van der Waals surface area contributed by atoms with Crippen LogP contribution in [0.15, 0.2) is 65.3 Å². The predicted molar refractivity (Wildman–Crippen MR) is 109 cm³/mol. The zero-order valence-electron chi connectivity index (χ0n) is 15.4. The number of hydrogen-bond acceptors (Lipinski definition) is 4. The number of benzene rings is 2. The first-order chi connectivity index (χ1) is 13.6. The lowest BCUT2D eigenvalue weighted by Crippen LogP contribution is -2.31. The number of carbonyl (C=O) groups excluding carboxylic acids is 1. The number of nitrogens with two attached hydrogens (primary N) is 1. The van der Waals surface area contributed by atoms with Gasteiger partial charge in [0, 0.05) is 29.6 Å². The highest BCUT2D eigenvalue weighted by Crippen LogP contribution is 2.32. The van der Waals surface area contributed by atoms with Gasteiger partial charge in [0.15, 0.2) is 0 Å². The lowest BCUT2D eigenvalue weighted by molar-refractivity contribution is -0.129. The fraction of sp³-hybridized carbons (Fsp3) is 0.273. The number of likely N-dealkylation sites (tertiary alicyclic amines) is 1. The van der Waals surface area contributed by atoms with Crippen LogP contribution in [-0.4, -0.2) is 35.4 Å². The summed E-state index contributed by atoms with van der Waals surface area (Å²) < 4.78 is 5.54. The van der Waals surface area contributed by atoms with E-state index in [1.165, 1.54) is 5.56 Å². The molecule has 4 rings (SSSR count). The molecular weight excluding hydrogens is 374 g/mol. The smallest absolute Gasteiger partial charge is 0.228 e. The van der Waals surface area contributed by atoms with Crippen LogP contribution >= 0.6 is 11.6 Å². The third-order valence-electron chi connectivity index (χ3n) is 5.30. The van der Waals surface area contributed by atoms with Gasteiger partial charge in [-0.05, 0) is 42.3 Å². The normalized spacial score (nSPS) is 19.1. The second kappa shape index (κ2) is 8.17. The molecular formula is C22H22ClN3O2. The maximum absolute atomic E-state index is 12.8. The van der Waals surface area contributed by atoms with E-state index in [-0.39, 0.29) is 24.2 Å². The molecule has 2 atom stereocenters. The Morgan fingerprint density at radius 3 is 2.61 bits per heavy atom. The minimum atomic E-state index is 0.0489. The summed E-state index contributed by atoms with van der Waals surface area (Å²) >= 11 is 5.92. The molecule has 2 aromatic carbocycles. The highest BCUT2D eigenvalue weighted by Gasteiger charge is 2.35. The second-order valence-corrected chi connectivity index (χ2v) is 7.58. The van der Waals surface area contributed by atoms with E-state index in [0.29, 0.717) is 36.2 Å². The zero-order chi connectivity index (χ0) is 19.5. The van der Waals surface area contributed by atoms with E-state index in [2.05, 4.69) is 17.1 Å². The zero-order valence-corrected chi connectivity index (χ0v) is 16.2. The van der Waals surface area contributed by atoms with Crippen molar-refractivity contribution in [2.75, 3.05) is 19.6 Å². The van der Waals surface area contributed by atoms with Gasteiger partial charge in [-0.3, -0.25) is 4.79 Å². The molecule has 0 spiro atoms. The van der Waals surface area contributed by atoms with Crippen molar-refractivity contribution < 1.29 is 9.21 Å². The Labute approximate surface area is 169 Å². The number of oxazole rings is 1. The van der Waals surface area contributed by atoms with E-state index >= 15 is 0 Å². The predicted octanol–water partition coefficient (Wildman–Crippen LogP) is 3.74. The van der Waals surface area contributed by atoms with Gasteiger partial charge in [0.05, 0.1) is 12.1 Å². The SMILES string of the molecule is NC[C@@H]1CN(C(=O)Cc2coc(-c3ccc(Cl)cc3)n2)C[C@H]1c1ccccc1. The molecule has 0 radical (unpaired) electrons. The van der Waals surface area contributed by atoms with Gasteiger partial charge < -0.3 is 15.1 Å². The molecule has 1 aromatic heterocycles. The van der Waals surface area contributed by atoms with Crippen LogP contribution in [0.2, 0.25) is 5.02 Å². The summed E-state index contributed by atoms with van der Waals surface area (Å²) in [4.78, 5) is 19.2. The molecule has 1 fully saturated rings. The largest absolute Gasteiger partial charge is 0.444 e. The Kier molecular flexibility index (Phi) is 5.46. The monoisotopic (exact) mass is 395 g/mol. The molecule has 0 aliphatic carbocycles. The minimum Gasteiger partial charge on any atom is -0.444 e. The third kappa shape index (κ3) is 3.96. The molecule has 28 heavy (non-hydrogen) atoms. The average molecular weight is 396 g/mol. The van der Waals surface area contributed by atoms with Crippen LogP contribution in [0.5, 0.6) is 0 Å². The molecule has 5 nitrogen and oxygen atoms in total. The van der Waals surface area contributed by atoms with Crippen molar-refractivity contribution in [3.05, 3.63) is 77.1 Å². The average Bonchev–Trinajstić information content (AvgIpc) is 3.36. The highest BCUT2D eigenvalue weighted by atomic mass is 35.5. The van der Waals surface area contributed by atoms with Crippen LogP contribution in [0.3, 0.4) is 0 Å². The molecule has 0 unspecified atom stereocenters. The molecule has 1 aliphatic rings. The molecule has 3 aromatic rings. The molecule has 6 heteroatoms. The van der Waals surface area contributed by atoms with Crippen LogP contribution in [0, 0.1) is 5.92 Å². The van der Waals surface area contributed by atoms with Crippen molar-refractivity contribution in [2.24, 2.45) is 11.7 Å². The van der Waals surface area contributed by atoms with Gasteiger partial charge in [0.2, 0.25) is 11.8 Å². The third-order valence-corrected chi connectivity index (χ3v) is 5.55. The van der Waals surface area contributed by atoms with Crippen molar-refractivity contribution in [3.8, 4) is 11.5 Å². The van der Waals surface area contributed by atoms with Crippen LogP contribution in [0.4, 0.5) is 0 Å². The van der Waals surface area contributed by atoms with Gasteiger partial charge in [-0.15, -0.1) is 0 Å². The van der Waals surface area contributed by atoms with Crippen LogP contribution in [-0.2, 0) is 11.2 Å². The van der Waals surface area contributed by atoms with E-state index < -0.39 is 0 Å². The Morgan fingerprint density at radius 2 is 1.89 bits per heavy atom. The van der Waals surface area contributed by atoms with E-state index in [1.54, 1.807) is 18.4 Å². The number of halogens is 1. The fourth-order valence-electron chi connectivity index (χ4n) is 3.77. The van der Waals surface area contributed by atoms with Crippen molar-refractivity contribution >= 4 is 17.5 Å². The quantitative estimate of drug-likeness (QED) is 0.714. The standard InChI is InChI=1S/C22H22ClN3O2/c23-18-8-6-16(7-9-18)22-25-19(14-28-22)10-21(27)26-12-17(11-24)20(13-26)15-4-2-1-3-5-15/h1-9,14,17,20H,10-13,24H2/t17-,20+/m1/s1. The summed E-state index contributed by atoms with van der Waals surface area (Å²) in [5, 5.41) is 0.655. The second-order valence-electron chi connectivity index (χ2n) is 7.14. The number of rotatable bonds is 5. The summed E-state index contributed by atoms with van der Waals surface area (Å²) in [6, 6.07) is 17.5. The van der Waals surface area contributed by atoms with E-state index in [9.17, 15) is 4.79 Å². The van der Waals surface area contributed by atoms with Crippen molar-refractivity contribution in [1.82, 2.24) is 9.88 Å². The number of nitrogens with zero attached hydrogens (tertiary/aromatic N) is 2. The molecule has 144 valence electrons. The van der Waals surface area contributed by atoms with Crippen molar-refractivity contribution in [2.45, 2.75) is 12.3 Å². The summed E-state index contributed by atoms with van der Waals surface area (Å²) in [6.07, 6.45) is 1.77. The van der Waals surface area contributed by atoms with Gasteiger partial charge in [0.25, 0.3) is 0 Å². The topological polar surface area (TPSA) is 72.4 Å². The van der Waals surface area contributed by atoms with E-state index in [0.717, 1.165) is 5.56 Å². The van der Waals surface area contributed by atoms with Gasteiger partial charge in [-0.1, -0.05) is 41.9 Å². The van der Waals surface area contributed by atoms with Crippen LogP contribution in [0.25, 0.3) is 11.5 Å². The van der Waals surface area contributed by atoms with Gasteiger partial charge in [0.1, 0.15) is 6.26 Å². The molecule has 1 amide bonds. The summed E-state index contributed by atoms with van der Waals surface area (Å²) in [5.41, 5.74) is 8.67. The van der Waals surface area contributed by atoms with Gasteiger partial charge in [-0.25, -0.2) is 4.98 Å². The van der Waals surface area contributed by atoms with Gasteiger partial charge in [-0.2, -0.15) is 0 Å². The fourth-order valence-corrected chi connectivity index (χ4v) is 3.90. The number of carbonyl (C=O) groups is 1. The minimum absolute atomic E-state index is 0.0489. The summed E-state index contributed by atoms with van der Waals surface area (Å²) in [7, 11) is 0. The Morgan fingerprint density at radius 1 is 1.14 bits per heavy atom. The van der Waals surface area contributed by atoms with E-state index in [1.807, 2.05) is 35.2 Å². The number of amides is 1. The first-order valence-corrected chi connectivity index (χ1v) is 9.75. The number of aromatic nitrogens is 1. The maximum Gasteiger partial charge on any atom is 0.228 e. The van der Waals surface area contributed by atoms with Crippen molar-refractivity contribution in [1.29, 1.82) is 0 Å². The lowest BCUT2D eigenvalue weighted by atomic mass is 9.89. The van der Waals surface area contributed by atoms with E-state index in [4.69, 9.17) is 21.8 Å². The highest BCUT2D eigenvalue weighted by molar-refractivity contribution is 6.30. The molecule has 2 heterocycles. The molecule has 0 saturated carbocycles. The van der Waals surface area contributed by atoms with Crippen molar-refractivity contribution in [3.63, 3.8) is 0 Å². The number of hydrogen-bond donors (Lipinski definition) is 1. The first-order valence-electron chi connectivity index (χ1n) is 9.37. The Balaban J connectivity index is 1.43. The summed E-state index contributed by atoms with van der Waals surface area (Å²) in [6.45, 7) is 1.93. The maximum atomic E-state index is 12.8. The molecule has 1 aliphatic heterocycles. The van der Waals surface area contributed by atoms with Crippen LogP contribution < -0.4 is 5.73 Å². The molecule has 1 saturated heterocycles. The molecule has 2 N–H and O–H groups in total. The first kappa shape index (κ1) is 18.7. The lowest BCUT2D eigenvalue weighted by Gasteiger charge is -2.16. The molecule has 0 bridgehead atoms. The summed E-state index contributed by atoms with van der Waals surface area (Å²) in [5.74, 6) is 1.08. The Hall–Kier alpha value is -2.63. The van der Waals surface area contributed by atoms with Gasteiger partial charge >= 0.3 is 0 Å². The van der Waals surface area contributed by atoms with Crippen LogP contribution in [0.1, 0.15) is 17.2 Å². The Bertz CT molecular complexity index is 940.